The van der Waals surface area contributed by atoms with Crippen molar-refractivity contribution >= 4 is 21.7 Å². The topological polar surface area (TPSA) is 37.8 Å². The van der Waals surface area contributed by atoms with Gasteiger partial charge in [0.1, 0.15) is 5.82 Å². The maximum absolute atomic E-state index is 4.74. The summed E-state index contributed by atoms with van der Waals surface area (Å²) in [5.41, 5.74) is 3.33. The van der Waals surface area contributed by atoms with Gasteiger partial charge < -0.3 is 5.32 Å². The Morgan fingerprint density at radius 1 is 1.19 bits per heavy atom. The van der Waals surface area contributed by atoms with E-state index in [0.29, 0.717) is 5.92 Å². The van der Waals surface area contributed by atoms with E-state index in [9.17, 15) is 0 Å². The first-order valence-corrected chi connectivity index (χ1v) is 8.20. The van der Waals surface area contributed by atoms with Gasteiger partial charge in [-0.15, -0.1) is 0 Å². The number of anilines is 1. The van der Waals surface area contributed by atoms with Crippen LogP contribution in [0.1, 0.15) is 44.4 Å². The molecule has 0 atom stereocenters. The van der Waals surface area contributed by atoms with E-state index in [-0.39, 0.29) is 0 Å². The van der Waals surface area contributed by atoms with Gasteiger partial charge in [0.25, 0.3) is 0 Å². The summed E-state index contributed by atoms with van der Waals surface area (Å²) in [6.07, 6.45) is 1.08. The molecule has 112 valence electrons. The molecular formula is C17H22BrN3. The summed E-state index contributed by atoms with van der Waals surface area (Å²) in [5, 5.41) is 3.37. The highest BCUT2D eigenvalue weighted by Gasteiger charge is 2.11. The van der Waals surface area contributed by atoms with Crippen molar-refractivity contribution in [1.29, 1.82) is 0 Å². The standard InChI is InChI=1S/C17H22BrN3/c1-5-8-19-16-10-15(11(2)3)20-17(21-16)14-7-6-13(18)9-12(14)4/h6-7,9-11H,5,8H2,1-4H3,(H,19,20,21). The van der Waals surface area contributed by atoms with E-state index in [4.69, 9.17) is 4.98 Å². The normalized spacial score (nSPS) is 11.0. The van der Waals surface area contributed by atoms with Crippen molar-refractivity contribution < 1.29 is 0 Å². The van der Waals surface area contributed by atoms with Gasteiger partial charge in [0, 0.05) is 28.3 Å². The molecule has 4 heteroatoms. The summed E-state index contributed by atoms with van der Waals surface area (Å²) in [6.45, 7) is 9.48. The average Bonchev–Trinajstić information content (AvgIpc) is 2.44. The van der Waals surface area contributed by atoms with Crippen molar-refractivity contribution in [2.45, 2.75) is 40.0 Å². The lowest BCUT2D eigenvalue weighted by Gasteiger charge is -2.13. The number of hydrogen-bond donors (Lipinski definition) is 1. The van der Waals surface area contributed by atoms with Crippen molar-refractivity contribution in [3.05, 3.63) is 40.0 Å². The Kier molecular flexibility index (Phi) is 5.34. The molecule has 3 nitrogen and oxygen atoms in total. The molecule has 1 heterocycles. The molecule has 0 saturated carbocycles. The second-order valence-electron chi connectivity index (χ2n) is 5.54. The van der Waals surface area contributed by atoms with Crippen molar-refractivity contribution in [1.82, 2.24) is 9.97 Å². The molecule has 21 heavy (non-hydrogen) atoms. The second-order valence-corrected chi connectivity index (χ2v) is 6.46. The van der Waals surface area contributed by atoms with E-state index in [2.05, 4.69) is 72.1 Å². The van der Waals surface area contributed by atoms with Gasteiger partial charge in [-0.2, -0.15) is 0 Å². The van der Waals surface area contributed by atoms with Crippen molar-refractivity contribution in [2.24, 2.45) is 0 Å². The predicted octanol–water partition coefficient (Wildman–Crippen LogP) is 5.16. The number of nitrogens with one attached hydrogen (secondary N) is 1. The minimum atomic E-state index is 0.379. The molecule has 1 N–H and O–H groups in total. The number of nitrogens with zero attached hydrogens (tertiary/aromatic N) is 2. The molecule has 1 aromatic heterocycles. The van der Waals surface area contributed by atoms with E-state index in [1.165, 1.54) is 5.56 Å². The van der Waals surface area contributed by atoms with Crippen molar-refractivity contribution in [2.75, 3.05) is 11.9 Å². The molecule has 2 aromatic rings. The third kappa shape index (κ3) is 4.03. The van der Waals surface area contributed by atoms with E-state index in [0.717, 1.165) is 40.3 Å². The largest absolute Gasteiger partial charge is 0.370 e. The van der Waals surface area contributed by atoms with E-state index in [1.54, 1.807) is 0 Å². The molecule has 0 aliphatic rings. The predicted molar refractivity (Wildman–Crippen MR) is 92.8 cm³/mol. The smallest absolute Gasteiger partial charge is 0.162 e. The van der Waals surface area contributed by atoms with Crippen LogP contribution in [0.3, 0.4) is 0 Å². The molecule has 0 fully saturated rings. The quantitative estimate of drug-likeness (QED) is 0.811. The van der Waals surface area contributed by atoms with Crippen LogP contribution in [0.2, 0.25) is 0 Å². The molecule has 2 rings (SSSR count). The number of rotatable bonds is 5. The van der Waals surface area contributed by atoms with Crippen LogP contribution in [0.4, 0.5) is 5.82 Å². The van der Waals surface area contributed by atoms with Crippen LogP contribution in [-0.2, 0) is 0 Å². The highest BCUT2D eigenvalue weighted by molar-refractivity contribution is 9.10. The fourth-order valence-electron chi connectivity index (χ4n) is 2.10. The molecule has 0 aliphatic carbocycles. The van der Waals surface area contributed by atoms with Crippen LogP contribution in [0.15, 0.2) is 28.7 Å². The van der Waals surface area contributed by atoms with Gasteiger partial charge in [-0.1, -0.05) is 36.7 Å². The monoisotopic (exact) mass is 347 g/mol. The summed E-state index contributed by atoms with van der Waals surface area (Å²) in [5.74, 6) is 2.09. The van der Waals surface area contributed by atoms with Crippen molar-refractivity contribution in [3.8, 4) is 11.4 Å². The second kappa shape index (κ2) is 7.03. The van der Waals surface area contributed by atoms with Gasteiger partial charge in [-0.05, 0) is 43.0 Å². The fourth-order valence-corrected chi connectivity index (χ4v) is 2.58. The first kappa shape index (κ1) is 16.0. The summed E-state index contributed by atoms with van der Waals surface area (Å²) < 4.78 is 1.08. The molecule has 0 unspecified atom stereocenters. The maximum atomic E-state index is 4.74. The highest BCUT2D eigenvalue weighted by Crippen LogP contribution is 2.26. The fraction of sp³-hybridized carbons (Fsp3) is 0.412. The third-order valence-electron chi connectivity index (χ3n) is 3.32. The number of hydrogen-bond acceptors (Lipinski definition) is 3. The molecule has 0 saturated heterocycles. The molecule has 0 aliphatic heterocycles. The SMILES string of the molecule is CCCNc1cc(C(C)C)nc(-c2ccc(Br)cc2C)n1. The molecule has 0 bridgehead atoms. The Labute approximate surface area is 135 Å². The van der Waals surface area contributed by atoms with Gasteiger partial charge >= 0.3 is 0 Å². The number of aryl methyl sites for hydroxylation is 1. The Morgan fingerprint density at radius 3 is 2.57 bits per heavy atom. The van der Waals surface area contributed by atoms with Gasteiger partial charge in [0.2, 0.25) is 0 Å². The lowest BCUT2D eigenvalue weighted by atomic mass is 10.1. The summed E-state index contributed by atoms with van der Waals surface area (Å²) in [6, 6.07) is 8.26. The maximum Gasteiger partial charge on any atom is 0.162 e. The van der Waals surface area contributed by atoms with E-state index in [1.807, 2.05) is 6.07 Å². The van der Waals surface area contributed by atoms with Gasteiger partial charge in [0.15, 0.2) is 5.82 Å². The lowest BCUT2D eigenvalue weighted by Crippen LogP contribution is -2.06. The summed E-state index contributed by atoms with van der Waals surface area (Å²) in [4.78, 5) is 9.41. The van der Waals surface area contributed by atoms with E-state index < -0.39 is 0 Å². The summed E-state index contributed by atoms with van der Waals surface area (Å²) >= 11 is 3.50. The first-order valence-electron chi connectivity index (χ1n) is 7.40. The Bertz CT molecular complexity index is 623. The van der Waals surface area contributed by atoms with Crippen LogP contribution in [0, 0.1) is 6.92 Å². The van der Waals surface area contributed by atoms with Crippen LogP contribution in [0.5, 0.6) is 0 Å². The zero-order chi connectivity index (χ0) is 15.4. The number of aromatic nitrogens is 2. The third-order valence-corrected chi connectivity index (χ3v) is 3.82. The number of benzene rings is 1. The van der Waals surface area contributed by atoms with Crippen LogP contribution < -0.4 is 5.32 Å². The Morgan fingerprint density at radius 2 is 1.95 bits per heavy atom. The first-order chi connectivity index (χ1) is 10.0. The molecule has 0 amide bonds. The summed E-state index contributed by atoms with van der Waals surface area (Å²) in [7, 11) is 0. The van der Waals surface area contributed by atoms with Gasteiger partial charge in [0.05, 0.1) is 0 Å². The molecular weight excluding hydrogens is 326 g/mol. The molecule has 0 radical (unpaired) electrons. The van der Waals surface area contributed by atoms with Gasteiger partial charge in [-0.25, -0.2) is 9.97 Å². The minimum Gasteiger partial charge on any atom is -0.370 e. The van der Waals surface area contributed by atoms with Crippen molar-refractivity contribution in [3.63, 3.8) is 0 Å². The van der Waals surface area contributed by atoms with Crippen LogP contribution in [0.25, 0.3) is 11.4 Å². The van der Waals surface area contributed by atoms with Gasteiger partial charge in [-0.3, -0.25) is 0 Å². The Balaban J connectivity index is 2.48. The highest BCUT2D eigenvalue weighted by atomic mass is 79.9. The average molecular weight is 348 g/mol. The Hall–Kier alpha value is -1.42. The zero-order valence-corrected chi connectivity index (χ0v) is 14.7. The van der Waals surface area contributed by atoms with Crippen LogP contribution >= 0.6 is 15.9 Å². The minimum absolute atomic E-state index is 0.379. The molecule has 0 spiro atoms. The lowest BCUT2D eigenvalue weighted by molar-refractivity contribution is 0.815. The zero-order valence-electron chi connectivity index (χ0n) is 13.1. The van der Waals surface area contributed by atoms with E-state index >= 15 is 0 Å². The van der Waals surface area contributed by atoms with Crippen LogP contribution in [-0.4, -0.2) is 16.5 Å². The number of halogens is 1. The molecule has 1 aromatic carbocycles.